The van der Waals surface area contributed by atoms with Gasteiger partial charge in [-0.1, -0.05) is 37.6 Å². The van der Waals surface area contributed by atoms with Crippen molar-refractivity contribution in [1.82, 2.24) is 5.32 Å². The quantitative estimate of drug-likeness (QED) is 0.836. The van der Waals surface area contributed by atoms with Gasteiger partial charge in [-0.15, -0.1) is 0 Å². The molecule has 3 heteroatoms. The highest BCUT2D eigenvalue weighted by Crippen LogP contribution is 2.14. The summed E-state index contributed by atoms with van der Waals surface area (Å²) in [5.74, 6) is 0.728. The second-order valence-electron chi connectivity index (χ2n) is 4.54. The number of hydrogen-bond donors (Lipinski definition) is 1. The van der Waals surface area contributed by atoms with Crippen molar-refractivity contribution in [3.8, 4) is 11.8 Å². The van der Waals surface area contributed by atoms with Crippen molar-refractivity contribution >= 4 is 6.08 Å². The number of nitrogens with zero attached hydrogens (tertiary/aromatic N) is 1. The highest BCUT2D eigenvalue weighted by atomic mass is 16.5. The lowest BCUT2D eigenvalue weighted by Gasteiger charge is -2.08. The zero-order valence-corrected chi connectivity index (χ0v) is 11.2. The molecule has 1 N–H and O–H groups in total. The van der Waals surface area contributed by atoms with Gasteiger partial charge in [-0.05, 0) is 24.6 Å². The normalized spacial score (nSPS) is 11.4. The molecule has 0 aliphatic rings. The molecule has 18 heavy (non-hydrogen) atoms. The first-order chi connectivity index (χ1) is 8.61. The molecule has 0 unspecified atom stereocenters. The van der Waals surface area contributed by atoms with Crippen LogP contribution >= 0.6 is 0 Å². The number of rotatable bonds is 6. The Balaban J connectivity index is 2.57. The van der Waals surface area contributed by atoms with Crippen LogP contribution in [0.25, 0.3) is 6.08 Å². The molecule has 0 amide bonds. The maximum absolute atomic E-state index is 8.41. The molecule has 0 radical (unpaired) electrons. The van der Waals surface area contributed by atoms with Gasteiger partial charge < -0.3 is 10.1 Å². The van der Waals surface area contributed by atoms with Crippen LogP contribution < -0.4 is 10.1 Å². The summed E-state index contributed by atoms with van der Waals surface area (Å²) in [6.45, 7) is 7.36. The topological polar surface area (TPSA) is 45.0 Å². The minimum atomic E-state index is 0.0898. The van der Waals surface area contributed by atoms with Crippen LogP contribution in [0.5, 0.6) is 5.75 Å². The number of hydrogen-bond acceptors (Lipinski definition) is 3. The smallest absolute Gasteiger partial charge is 0.174 e. The summed E-state index contributed by atoms with van der Waals surface area (Å²) in [6.07, 6.45) is 2.14. The summed E-state index contributed by atoms with van der Waals surface area (Å²) in [5.41, 5.74) is 2.43. The lowest BCUT2D eigenvalue weighted by molar-refractivity contribution is 0.368. The molecule has 0 saturated carbocycles. The van der Waals surface area contributed by atoms with Crippen LogP contribution in [-0.4, -0.2) is 19.2 Å². The van der Waals surface area contributed by atoms with Gasteiger partial charge in [0.1, 0.15) is 11.8 Å². The van der Waals surface area contributed by atoms with Crippen LogP contribution in [0.2, 0.25) is 0 Å². The summed E-state index contributed by atoms with van der Waals surface area (Å²) < 4.78 is 5.20. The van der Waals surface area contributed by atoms with Crippen molar-refractivity contribution in [2.24, 2.45) is 0 Å². The molecule has 0 aromatic heterocycles. The predicted octanol–water partition coefficient (Wildman–Crippen LogP) is 2.99. The third-order valence-electron chi connectivity index (χ3n) is 2.39. The Labute approximate surface area is 109 Å². The Hall–Kier alpha value is -1.79. The molecule has 96 valence electrons. The Morgan fingerprint density at radius 3 is 2.61 bits per heavy atom. The van der Waals surface area contributed by atoms with Gasteiger partial charge in [-0.3, -0.25) is 0 Å². The van der Waals surface area contributed by atoms with Crippen LogP contribution in [0, 0.1) is 11.3 Å². The van der Waals surface area contributed by atoms with E-state index in [1.54, 1.807) is 0 Å². The Morgan fingerprint density at radius 2 is 2.06 bits per heavy atom. The van der Waals surface area contributed by atoms with Crippen LogP contribution in [0.15, 0.2) is 29.8 Å². The molecule has 0 spiro atoms. The minimum absolute atomic E-state index is 0.0898. The van der Waals surface area contributed by atoms with E-state index in [1.807, 2.05) is 30.3 Å². The summed E-state index contributed by atoms with van der Waals surface area (Å²) in [5, 5.41) is 11.8. The SMILES string of the molecule is CC(=Cc1ccc(OCC#N)cc1)CNC(C)C. The molecule has 0 saturated heterocycles. The number of nitrogens with one attached hydrogen (secondary N) is 1. The number of ether oxygens (including phenoxy) is 1. The van der Waals surface area contributed by atoms with Gasteiger partial charge in [0, 0.05) is 12.6 Å². The van der Waals surface area contributed by atoms with Crippen molar-refractivity contribution in [2.45, 2.75) is 26.8 Å². The zero-order chi connectivity index (χ0) is 13.4. The maximum atomic E-state index is 8.41. The molecule has 0 bridgehead atoms. The summed E-state index contributed by atoms with van der Waals surface area (Å²) >= 11 is 0. The molecule has 1 aromatic carbocycles. The summed E-state index contributed by atoms with van der Waals surface area (Å²) in [6, 6.07) is 10.2. The van der Waals surface area contributed by atoms with Gasteiger partial charge in [-0.25, -0.2) is 0 Å². The highest BCUT2D eigenvalue weighted by molar-refractivity contribution is 5.53. The average molecular weight is 244 g/mol. The van der Waals surface area contributed by atoms with Crippen LogP contribution in [0.1, 0.15) is 26.3 Å². The molecule has 0 heterocycles. The van der Waals surface area contributed by atoms with E-state index in [-0.39, 0.29) is 6.61 Å². The molecule has 0 aliphatic carbocycles. The Kier molecular flexibility index (Phi) is 5.96. The van der Waals surface area contributed by atoms with Crippen LogP contribution in [0.3, 0.4) is 0 Å². The second-order valence-corrected chi connectivity index (χ2v) is 4.54. The molecule has 3 nitrogen and oxygen atoms in total. The summed E-state index contributed by atoms with van der Waals surface area (Å²) in [4.78, 5) is 0. The fourth-order valence-electron chi connectivity index (χ4n) is 1.48. The van der Waals surface area contributed by atoms with Crippen LogP contribution in [0.4, 0.5) is 0 Å². The van der Waals surface area contributed by atoms with E-state index in [4.69, 9.17) is 10.00 Å². The fraction of sp³-hybridized carbons (Fsp3) is 0.400. The second kappa shape index (κ2) is 7.52. The van der Waals surface area contributed by atoms with E-state index in [0.717, 1.165) is 17.9 Å². The monoisotopic (exact) mass is 244 g/mol. The molecule has 1 aromatic rings. The molecule has 1 rings (SSSR count). The van der Waals surface area contributed by atoms with E-state index in [9.17, 15) is 0 Å². The first-order valence-corrected chi connectivity index (χ1v) is 6.12. The Morgan fingerprint density at radius 1 is 1.39 bits per heavy atom. The van der Waals surface area contributed by atoms with Gasteiger partial charge >= 0.3 is 0 Å². The summed E-state index contributed by atoms with van der Waals surface area (Å²) in [7, 11) is 0. The first kappa shape index (κ1) is 14.3. The first-order valence-electron chi connectivity index (χ1n) is 6.12. The highest BCUT2D eigenvalue weighted by Gasteiger charge is 1.96. The zero-order valence-electron chi connectivity index (χ0n) is 11.2. The number of benzene rings is 1. The Bertz CT molecular complexity index is 427. The minimum Gasteiger partial charge on any atom is -0.479 e. The predicted molar refractivity (Wildman–Crippen MR) is 74.3 cm³/mol. The van der Waals surface area contributed by atoms with Gasteiger partial charge in [-0.2, -0.15) is 5.26 Å². The standard InChI is InChI=1S/C15H20N2O/c1-12(2)17-11-13(3)10-14-4-6-15(7-5-14)18-9-8-16/h4-7,10,12,17H,9,11H2,1-3H3. The third kappa shape index (κ3) is 5.51. The largest absolute Gasteiger partial charge is 0.479 e. The average Bonchev–Trinajstić information content (AvgIpc) is 2.35. The van der Waals surface area contributed by atoms with Crippen LogP contribution in [-0.2, 0) is 0 Å². The fourth-order valence-corrected chi connectivity index (χ4v) is 1.48. The van der Waals surface area contributed by atoms with Crippen molar-refractivity contribution in [2.75, 3.05) is 13.2 Å². The molecule has 0 fully saturated rings. The molecular weight excluding hydrogens is 224 g/mol. The molecule has 0 atom stereocenters. The van der Waals surface area contributed by atoms with E-state index in [1.165, 1.54) is 5.57 Å². The van der Waals surface area contributed by atoms with E-state index >= 15 is 0 Å². The van der Waals surface area contributed by atoms with Crippen molar-refractivity contribution in [3.05, 3.63) is 35.4 Å². The molecule has 0 aliphatic heterocycles. The van der Waals surface area contributed by atoms with E-state index < -0.39 is 0 Å². The number of nitriles is 1. The lowest BCUT2D eigenvalue weighted by Crippen LogP contribution is -2.24. The van der Waals surface area contributed by atoms with Crippen molar-refractivity contribution in [3.63, 3.8) is 0 Å². The maximum Gasteiger partial charge on any atom is 0.174 e. The van der Waals surface area contributed by atoms with Crippen molar-refractivity contribution in [1.29, 1.82) is 5.26 Å². The van der Waals surface area contributed by atoms with Gasteiger partial charge in [0.25, 0.3) is 0 Å². The van der Waals surface area contributed by atoms with Gasteiger partial charge in [0.2, 0.25) is 0 Å². The van der Waals surface area contributed by atoms with Gasteiger partial charge in [0.15, 0.2) is 6.61 Å². The third-order valence-corrected chi connectivity index (χ3v) is 2.39. The van der Waals surface area contributed by atoms with E-state index in [0.29, 0.717) is 6.04 Å². The molecular formula is C15H20N2O. The van der Waals surface area contributed by atoms with Crippen molar-refractivity contribution < 1.29 is 4.74 Å². The van der Waals surface area contributed by atoms with E-state index in [2.05, 4.69) is 32.2 Å². The van der Waals surface area contributed by atoms with Gasteiger partial charge in [0.05, 0.1) is 0 Å². The lowest BCUT2D eigenvalue weighted by atomic mass is 10.1.